The van der Waals surface area contributed by atoms with Gasteiger partial charge < -0.3 is 5.32 Å². The van der Waals surface area contributed by atoms with Crippen LogP contribution in [0.4, 0.5) is 0 Å². The van der Waals surface area contributed by atoms with Crippen molar-refractivity contribution >= 4 is 11.8 Å². The van der Waals surface area contributed by atoms with E-state index in [0.717, 1.165) is 24.5 Å². The molecule has 1 heterocycles. The van der Waals surface area contributed by atoms with E-state index in [0.29, 0.717) is 0 Å². The maximum Gasteiger partial charge on any atom is 0.0596 e. The summed E-state index contributed by atoms with van der Waals surface area (Å²) in [4.78, 5) is 1.31. The Bertz CT molecular complexity index is 531. The van der Waals surface area contributed by atoms with E-state index in [9.17, 15) is 0 Å². The fourth-order valence-electron chi connectivity index (χ4n) is 2.07. The molecule has 1 N–H and O–H groups in total. The standard InChI is InChI=1S/C16H23N3S/c1-4-9-17-11-14-5-7-16(8-6-14)20-12-15-10-13(2)18-19(15)3/h5-8,10,17H,4,9,11-12H2,1-3H3. The van der Waals surface area contributed by atoms with Crippen LogP contribution in [0.2, 0.25) is 0 Å². The summed E-state index contributed by atoms with van der Waals surface area (Å²) in [6.45, 7) is 6.26. The van der Waals surface area contributed by atoms with Gasteiger partial charge >= 0.3 is 0 Å². The lowest BCUT2D eigenvalue weighted by Crippen LogP contribution is -2.13. The summed E-state index contributed by atoms with van der Waals surface area (Å²) in [5, 5.41) is 7.79. The van der Waals surface area contributed by atoms with Crippen LogP contribution in [-0.2, 0) is 19.3 Å². The number of thioether (sulfide) groups is 1. The van der Waals surface area contributed by atoms with Crippen molar-refractivity contribution < 1.29 is 0 Å². The fraction of sp³-hybridized carbons (Fsp3) is 0.438. The predicted molar refractivity (Wildman–Crippen MR) is 85.9 cm³/mol. The third-order valence-electron chi connectivity index (χ3n) is 3.16. The molecule has 2 rings (SSSR count). The molecule has 108 valence electrons. The molecule has 0 amide bonds. The summed E-state index contributed by atoms with van der Waals surface area (Å²) in [7, 11) is 2.01. The molecule has 0 saturated carbocycles. The summed E-state index contributed by atoms with van der Waals surface area (Å²) in [5.41, 5.74) is 3.70. The van der Waals surface area contributed by atoms with Gasteiger partial charge in [-0.3, -0.25) is 4.68 Å². The summed E-state index contributed by atoms with van der Waals surface area (Å²) in [6, 6.07) is 11.0. The van der Waals surface area contributed by atoms with E-state index >= 15 is 0 Å². The van der Waals surface area contributed by atoms with Crippen LogP contribution in [0.1, 0.15) is 30.3 Å². The Balaban J connectivity index is 1.86. The molecule has 0 aliphatic rings. The van der Waals surface area contributed by atoms with E-state index in [4.69, 9.17) is 0 Å². The minimum Gasteiger partial charge on any atom is -0.313 e. The Morgan fingerprint density at radius 1 is 1.25 bits per heavy atom. The largest absolute Gasteiger partial charge is 0.313 e. The molecule has 0 fully saturated rings. The van der Waals surface area contributed by atoms with Gasteiger partial charge in [-0.2, -0.15) is 5.10 Å². The van der Waals surface area contributed by atoms with Crippen molar-refractivity contribution in [3.63, 3.8) is 0 Å². The predicted octanol–water partition coefficient (Wildman–Crippen LogP) is 3.52. The van der Waals surface area contributed by atoms with Gasteiger partial charge in [-0.1, -0.05) is 19.1 Å². The highest BCUT2D eigenvalue weighted by Crippen LogP contribution is 2.23. The number of hydrogen-bond acceptors (Lipinski definition) is 3. The van der Waals surface area contributed by atoms with E-state index in [1.165, 1.54) is 22.6 Å². The lowest BCUT2D eigenvalue weighted by molar-refractivity contribution is 0.675. The first-order chi connectivity index (χ1) is 9.69. The lowest BCUT2D eigenvalue weighted by atomic mass is 10.2. The molecule has 0 saturated heterocycles. The highest BCUT2D eigenvalue weighted by Gasteiger charge is 2.03. The van der Waals surface area contributed by atoms with E-state index in [2.05, 4.69) is 47.7 Å². The Labute approximate surface area is 125 Å². The second-order valence-electron chi connectivity index (χ2n) is 5.01. The molecular formula is C16H23N3S. The molecule has 0 spiro atoms. The molecule has 4 heteroatoms. The second-order valence-corrected chi connectivity index (χ2v) is 6.06. The summed E-state index contributed by atoms with van der Waals surface area (Å²) in [6.07, 6.45) is 1.18. The van der Waals surface area contributed by atoms with Crippen molar-refractivity contribution in [2.75, 3.05) is 6.54 Å². The SMILES string of the molecule is CCCNCc1ccc(SCc2cc(C)nn2C)cc1. The van der Waals surface area contributed by atoms with Crippen LogP contribution in [0.15, 0.2) is 35.2 Å². The first-order valence-corrected chi connectivity index (χ1v) is 8.09. The highest BCUT2D eigenvalue weighted by atomic mass is 32.2. The van der Waals surface area contributed by atoms with Crippen molar-refractivity contribution in [3.8, 4) is 0 Å². The number of rotatable bonds is 7. The molecule has 0 radical (unpaired) electrons. The maximum atomic E-state index is 4.37. The van der Waals surface area contributed by atoms with Crippen LogP contribution >= 0.6 is 11.8 Å². The van der Waals surface area contributed by atoms with Crippen LogP contribution in [-0.4, -0.2) is 16.3 Å². The number of benzene rings is 1. The van der Waals surface area contributed by atoms with Crippen molar-refractivity contribution in [1.29, 1.82) is 0 Å². The van der Waals surface area contributed by atoms with Crippen LogP contribution in [0.5, 0.6) is 0 Å². The normalized spacial score (nSPS) is 10.9. The molecule has 1 aromatic carbocycles. The Morgan fingerprint density at radius 3 is 2.60 bits per heavy atom. The van der Waals surface area contributed by atoms with Gasteiger partial charge in [0.05, 0.1) is 5.69 Å². The number of nitrogens with one attached hydrogen (secondary N) is 1. The van der Waals surface area contributed by atoms with Gasteiger partial charge in [0.1, 0.15) is 0 Å². The van der Waals surface area contributed by atoms with Crippen LogP contribution in [0.25, 0.3) is 0 Å². The number of hydrogen-bond donors (Lipinski definition) is 1. The number of aromatic nitrogens is 2. The fourth-order valence-corrected chi connectivity index (χ4v) is 2.98. The molecule has 0 atom stereocenters. The molecular weight excluding hydrogens is 266 g/mol. The number of aryl methyl sites for hydroxylation is 2. The van der Waals surface area contributed by atoms with Crippen LogP contribution < -0.4 is 5.32 Å². The monoisotopic (exact) mass is 289 g/mol. The van der Waals surface area contributed by atoms with Crippen LogP contribution in [0, 0.1) is 6.92 Å². The highest BCUT2D eigenvalue weighted by molar-refractivity contribution is 7.98. The first kappa shape index (κ1) is 15.1. The van der Waals surface area contributed by atoms with E-state index in [1.807, 2.05) is 30.4 Å². The Hall–Kier alpha value is -1.26. The molecule has 0 aliphatic carbocycles. The van der Waals surface area contributed by atoms with Crippen molar-refractivity contribution in [1.82, 2.24) is 15.1 Å². The van der Waals surface area contributed by atoms with Crippen LogP contribution in [0.3, 0.4) is 0 Å². The molecule has 20 heavy (non-hydrogen) atoms. The Kier molecular flexibility index (Phi) is 5.68. The van der Waals surface area contributed by atoms with Gasteiger partial charge in [0.15, 0.2) is 0 Å². The van der Waals surface area contributed by atoms with Gasteiger partial charge in [0.25, 0.3) is 0 Å². The minimum absolute atomic E-state index is 0.958. The molecule has 0 aliphatic heterocycles. The summed E-state index contributed by atoms with van der Waals surface area (Å²) in [5.74, 6) is 0.963. The zero-order valence-corrected chi connectivity index (χ0v) is 13.3. The molecule has 2 aromatic rings. The van der Waals surface area contributed by atoms with E-state index in [-0.39, 0.29) is 0 Å². The van der Waals surface area contributed by atoms with Crippen molar-refractivity contribution in [3.05, 3.63) is 47.3 Å². The topological polar surface area (TPSA) is 29.9 Å². The quantitative estimate of drug-likeness (QED) is 0.625. The number of nitrogens with zero attached hydrogens (tertiary/aromatic N) is 2. The smallest absolute Gasteiger partial charge is 0.0596 e. The zero-order valence-electron chi connectivity index (χ0n) is 12.5. The third-order valence-corrected chi connectivity index (χ3v) is 4.21. The van der Waals surface area contributed by atoms with Gasteiger partial charge in [-0.05, 0) is 43.7 Å². The molecule has 0 bridgehead atoms. The minimum atomic E-state index is 0.958. The van der Waals surface area contributed by atoms with Gasteiger partial charge in [-0.25, -0.2) is 0 Å². The average Bonchev–Trinajstić information content (AvgIpc) is 2.76. The Morgan fingerprint density at radius 2 is 2.00 bits per heavy atom. The maximum absolute atomic E-state index is 4.37. The van der Waals surface area contributed by atoms with E-state index < -0.39 is 0 Å². The van der Waals surface area contributed by atoms with Crippen molar-refractivity contribution in [2.24, 2.45) is 7.05 Å². The van der Waals surface area contributed by atoms with Gasteiger partial charge in [-0.15, -0.1) is 11.8 Å². The summed E-state index contributed by atoms with van der Waals surface area (Å²) < 4.78 is 1.96. The first-order valence-electron chi connectivity index (χ1n) is 7.11. The zero-order chi connectivity index (χ0) is 14.4. The van der Waals surface area contributed by atoms with E-state index in [1.54, 1.807) is 0 Å². The van der Waals surface area contributed by atoms with Gasteiger partial charge in [0, 0.05) is 29.9 Å². The molecule has 0 unspecified atom stereocenters. The van der Waals surface area contributed by atoms with Crippen molar-refractivity contribution in [2.45, 2.75) is 37.5 Å². The third kappa shape index (κ3) is 4.39. The second kappa shape index (κ2) is 7.50. The van der Waals surface area contributed by atoms with Gasteiger partial charge in [0.2, 0.25) is 0 Å². The summed E-state index contributed by atoms with van der Waals surface area (Å²) >= 11 is 1.86. The average molecular weight is 289 g/mol. The molecule has 1 aromatic heterocycles. The molecule has 3 nitrogen and oxygen atoms in total. The lowest BCUT2D eigenvalue weighted by Gasteiger charge is -2.05.